The Morgan fingerprint density at radius 3 is 2.79 bits per heavy atom. The number of nitrogens with one attached hydrogen (secondary N) is 1. The quantitative estimate of drug-likeness (QED) is 0.794. The van der Waals surface area contributed by atoms with Crippen LogP contribution in [0.5, 0.6) is 0 Å². The summed E-state index contributed by atoms with van der Waals surface area (Å²) in [6, 6.07) is 0.472. The molecule has 0 aromatic carbocycles. The van der Waals surface area contributed by atoms with Gasteiger partial charge in [0.1, 0.15) is 5.82 Å². The fraction of sp³-hybridized carbons (Fsp3) is 0.846. The van der Waals surface area contributed by atoms with Gasteiger partial charge in [0.2, 0.25) is 5.91 Å². The van der Waals surface area contributed by atoms with Crippen LogP contribution < -0.4 is 0 Å². The van der Waals surface area contributed by atoms with Crippen LogP contribution in [-0.4, -0.2) is 44.5 Å². The molecule has 6 nitrogen and oxygen atoms in total. The Kier molecular flexibility index (Phi) is 5.30. The SMILES string of the molecule is CN(C(=O)CCCCc1nnn[nH]1)C1CCCCC1. The molecule has 1 aliphatic carbocycles. The molecule has 1 saturated carbocycles. The molecular formula is C13H23N5O. The van der Waals surface area contributed by atoms with Crippen molar-refractivity contribution in [2.45, 2.75) is 63.8 Å². The third-order valence-electron chi connectivity index (χ3n) is 3.96. The van der Waals surface area contributed by atoms with Crippen molar-refractivity contribution in [3.63, 3.8) is 0 Å². The van der Waals surface area contributed by atoms with E-state index in [1.54, 1.807) is 0 Å². The van der Waals surface area contributed by atoms with Crippen LogP contribution in [0.25, 0.3) is 0 Å². The van der Waals surface area contributed by atoms with E-state index >= 15 is 0 Å². The van der Waals surface area contributed by atoms with Crippen molar-refractivity contribution < 1.29 is 4.79 Å². The normalized spacial score (nSPS) is 16.5. The van der Waals surface area contributed by atoms with Crippen LogP contribution in [-0.2, 0) is 11.2 Å². The van der Waals surface area contributed by atoms with E-state index in [0.717, 1.165) is 25.1 Å². The second-order valence-electron chi connectivity index (χ2n) is 5.35. The molecule has 0 bridgehead atoms. The maximum Gasteiger partial charge on any atom is 0.222 e. The predicted octanol–water partition coefficient (Wildman–Crippen LogP) is 1.70. The summed E-state index contributed by atoms with van der Waals surface area (Å²) in [5.74, 6) is 1.08. The van der Waals surface area contributed by atoms with Gasteiger partial charge in [-0.3, -0.25) is 4.79 Å². The zero-order chi connectivity index (χ0) is 13.5. The molecule has 0 spiro atoms. The summed E-state index contributed by atoms with van der Waals surface area (Å²) >= 11 is 0. The van der Waals surface area contributed by atoms with Gasteiger partial charge in [0.05, 0.1) is 0 Å². The van der Waals surface area contributed by atoms with Crippen molar-refractivity contribution in [3.05, 3.63) is 5.82 Å². The Bertz CT molecular complexity index is 372. The lowest BCUT2D eigenvalue weighted by Gasteiger charge is -2.31. The number of H-pyrrole nitrogens is 1. The van der Waals surface area contributed by atoms with Gasteiger partial charge in [-0.15, -0.1) is 5.10 Å². The Morgan fingerprint density at radius 1 is 1.32 bits per heavy atom. The number of unbranched alkanes of at least 4 members (excludes halogenated alkanes) is 1. The van der Waals surface area contributed by atoms with E-state index < -0.39 is 0 Å². The number of aromatic nitrogens is 4. The minimum Gasteiger partial charge on any atom is -0.343 e. The van der Waals surface area contributed by atoms with Gasteiger partial charge >= 0.3 is 0 Å². The Morgan fingerprint density at radius 2 is 2.11 bits per heavy atom. The first-order valence-electron chi connectivity index (χ1n) is 7.25. The highest BCUT2D eigenvalue weighted by Gasteiger charge is 2.21. The lowest BCUT2D eigenvalue weighted by Crippen LogP contribution is -2.38. The molecule has 1 aliphatic rings. The van der Waals surface area contributed by atoms with Crippen LogP contribution in [0.4, 0.5) is 0 Å². The number of hydrogen-bond acceptors (Lipinski definition) is 4. The average Bonchev–Trinajstić information content (AvgIpc) is 2.96. The van der Waals surface area contributed by atoms with Crippen molar-refractivity contribution in [1.82, 2.24) is 25.5 Å². The first kappa shape index (κ1) is 14.0. The van der Waals surface area contributed by atoms with Crippen LogP contribution >= 0.6 is 0 Å². The number of carbonyl (C=O) groups excluding carboxylic acids is 1. The minimum absolute atomic E-state index is 0.280. The Balaban J connectivity index is 1.63. The predicted molar refractivity (Wildman–Crippen MR) is 71.4 cm³/mol. The second kappa shape index (κ2) is 7.21. The third-order valence-corrected chi connectivity index (χ3v) is 3.96. The Labute approximate surface area is 113 Å². The van der Waals surface area contributed by atoms with Crippen LogP contribution in [0.3, 0.4) is 0 Å². The average molecular weight is 265 g/mol. The van der Waals surface area contributed by atoms with Gasteiger partial charge in [-0.1, -0.05) is 19.3 Å². The smallest absolute Gasteiger partial charge is 0.222 e. The maximum atomic E-state index is 12.1. The standard InChI is InChI=1S/C13H23N5O/c1-18(11-7-3-2-4-8-11)13(19)10-6-5-9-12-14-16-17-15-12/h11H,2-10H2,1H3,(H,14,15,16,17). The number of carbonyl (C=O) groups is 1. The number of amides is 1. The van der Waals surface area contributed by atoms with Crippen LogP contribution in [0.15, 0.2) is 0 Å². The highest BCUT2D eigenvalue weighted by atomic mass is 16.2. The molecule has 106 valence electrons. The minimum atomic E-state index is 0.280. The Hall–Kier alpha value is -1.46. The highest BCUT2D eigenvalue weighted by molar-refractivity contribution is 5.76. The van der Waals surface area contributed by atoms with Gasteiger partial charge in [-0.2, -0.15) is 0 Å². The van der Waals surface area contributed by atoms with Gasteiger partial charge < -0.3 is 4.90 Å². The summed E-state index contributed by atoms with van der Waals surface area (Å²) < 4.78 is 0. The molecule has 1 fully saturated rings. The molecular weight excluding hydrogens is 242 g/mol. The van der Waals surface area contributed by atoms with E-state index in [9.17, 15) is 4.79 Å². The third kappa shape index (κ3) is 4.29. The number of hydrogen-bond donors (Lipinski definition) is 1. The van der Waals surface area contributed by atoms with E-state index in [2.05, 4.69) is 20.6 Å². The van der Waals surface area contributed by atoms with Crippen LogP contribution in [0.1, 0.15) is 57.2 Å². The molecule has 1 aromatic rings. The monoisotopic (exact) mass is 265 g/mol. The van der Waals surface area contributed by atoms with E-state index in [1.165, 1.54) is 32.1 Å². The summed E-state index contributed by atoms with van der Waals surface area (Å²) in [5.41, 5.74) is 0. The van der Waals surface area contributed by atoms with E-state index in [0.29, 0.717) is 12.5 Å². The number of rotatable bonds is 6. The molecule has 0 saturated heterocycles. The molecule has 6 heteroatoms. The number of aromatic amines is 1. The van der Waals surface area contributed by atoms with Crippen LogP contribution in [0.2, 0.25) is 0 Å². The topological polar surface area (TPSA) is 74.8 Å². The van der Waals surface area contributed by atoms with Crippen molar-refractivity contribution in [3.8, 4) is 0 Å². The molecule has 19 heavy (non-hydrogen) atoms. The van der Waals surface area contributed by atoms with Crippen molar-refractivity contribution in [1.29, 1.82) is 0 Å². The molecule has 2 rings (SSSR count). The molecule has 1 N–H and O–H groups in total. The van der Waals surface area contributed by atoms with E-state index in [-0.39, 0.29) is 5.91 Å². The number of nitrogens with zero attached hydrogens (tertiary/aromatic N) is 4. The summed E-state index contributed by atoms with van der Waals surface area (Å²) in [7, 11) is 1.96. The van der Waals surface area contributed by atoms with Crippen molar-refractivity contribution in [2.24, 2.45) is 0 Å². The van der Waals surface area contributed by atoms with E-state index in [1.807, 2.05) is 11.9 Å². The fourth-order valence-corrected chi connectivity index (χ4v) is 2.70. The lowest BCUT2D eigenvalue weighted by molar-refractivity contribution is -0.132. The zero-order valence-corrected chi connectivity index (χ0v) is 11.6. The lowest BCUT2D eigenvalue weighted by atomic mass is 9.94. The molecule has 1 amide bonds. The zero-order valence-electron chi connectivity index (χ0n) is 11.6. The fourth-order valence-electron chi connectivity index (χ4n) is 2.70. The molecule has 1 heterocycles. The van der Waals surface area contributed by atoms with E-state index in [4.69, 9.17) is 0 Å². The molecule has 1 aromatic heterocycles. The summed E-state index contributed by atoms with van der Waals surface area (Å²) in [6.45, 7) is 0. The summed E-state index contributed by atoms with van der Waals surface area (Å²) in [5, 5.41) is 13.6. The molecule has 0 radical (unpaired) electrons. The maximum absolute atomic E-state index is 12.1. The van der Waals surface area contributed by atoms with Gasteiger partial charge in [-0.05, 0) is 36.1 Å². The summed E-state index contributed by atoms with van der Waals surface area (Å²) in [6.07, 6.45) is 9.49. The van der Waals surface area contributed by atoms with Crippen LogP contribution in [0, 0.1) is 0 Å². The van der Waals surface area contributed by atoms with Crippen molar-refractivity contribution in [2.75, 3.05) is 7.05 Å². The molecule has 0 unspecified atom stereocenters. The first-order chi connectivity index (χ1) is 9.27. The first-order valence-corrected chi connectivity index (χ1v) is 7.25. The number of aryl methyl sites for hydroxylation is 1. The van der Waals surface area contributed by atoms with Gasteiger partial charge in [0, 0.05) is 25.9 Å². The summed E-state index contributed by atoms with van der Waals surface area (Å²) in [4.78, 5) is 14.0. The largest absolute Gasteiger partial charge is 0.343 e. The number of tetrazole rings is 1. The molecule has 0 atom stereocenters. The van der Waals surface area contributed by atoms with Gasteiger partial charge in [0.15, 0.2) is 0 Å². The van der Waals surface area contributed by atoms with Gasteiger partial charge in [-0.25, -0.2) is 5.10 Å². The van der Waals surface area contributed by atoms with Crippen molar-refractivity contribution >= 4 is 5.91 Å². The highest BCUT2D eigenvalue weighted by Crippen LogP contribution is 2.22. The second-order valence-corrected chi connectivity index (χ2v) is 5.35. The van der Waals surface area contributed by atoms with Gasteiger partial charge in [0.25, 0.3) is 0 Å². The molecule has 0 aliphatic heterocycles.